The molecule has 0 aliphatic heterocycles. The average molecular weight is 410 g/mol. The van der Waals surface area contributed by atoms with E-state index in [1.165, 1.54) is 23.5 Å². The summed E-state index contributed by atoms with van der Waals surface area (Å²) in [5.41, 5.74) is 1.64. The van der Waals surface area contributed by atoms with Gasteiger partial charge >= 0.3 is 0 Å². The Morgan fingerprint density at radius 3 is 2.50 bits per heavy atom. The van der Waals surface area contributed by atoms with Gasteiger partial charge in [0.15, 0.2) is 5.13 Å². The highest BCUT2D eigenvalue weighted by Crippen LogP contribution is 2.25. The largest absolute Gasteiger partial charge is 0.376 e. The smallest absolute Gasteiger partial charge is 0.245 e. The minimum Gasteiger partial charge on any atom is -0.376 e. The Morgan fingerprint density at radius 1 is 1.12 bits per heavy atom. The van der Waals surface area contributed by atoms with E-state index >= 15 is 0 Å². The first kappa shape index (κ1) is 18.6. The van der Waals surface area contributed by atoms with Gasteiger partial charge in [-0.25, -0.2) is 9.37 Å². The second-order valence-electron chi connectivity index (χ2n) is 5.49. The Kier molecular flexibility index (Phi) is 6.08. The van der Waals surface area contributed by atoms with E-state index in [1.807, 2.05) is 12.1 Å². The van der Waals surface area contributed by atoms with E-state index < -0.39 is 0 Å². The molecular weight excluding hydrogens is 396 g/mol. The predicted molar refractivity (Wildman–Crippen MR) is 105 cm³/mol. The van der Waals surface area contributed by atoms with E-state index in [4.69, 9.17) is 23.2 Å². The van der Waals surface area contributed by atoms with Crippen LogP contribution in [0.1, 0.15) is 10.4 Å². The average Bonchev–Trinajstić information content (AvgIpc) is 3.00. The molecule has 0 bridgehead atoms. The number of rotatable bonds is 6. The number of anilines is 2. The lowest BCUT2D eigenvalue weighted by molar-refractivity contribution is -0.114. The summed E-state index contributed by atoms with van der Waals surface area (Å²) in [6.07, 6.45) is 2.34. The van der Waals surface area contributed by atoms with Crippen molar-refractivity contribution in [1.82, 2.24) is 4.98 Å². The molecule has 3 aromatic rings. The fourth-order valence-electron chi connectivity index (χ4n) is 2.27. The zero-order chi connectivity index (χ0) is 18.5. The Morgan fingerprint density at radius 2 is 1.81 bits per heavy atom. The van der Waals surface area contributed by atoms with Crippen molar-refractivity contribution in [2.24, 2.45) is 0 Å². The predicted octanol–water partition coefficient (Wildman–Crippen LogP) is 5.23. The second kappa shape index (κ2) is 8.49. The number of nitrogens with zero attached hydrogens (tertiary/aromatic N) is 1. The van der Waals surface area contributed by atoms with Crippen LogP contribution in [0.3, 0.4) is 0 Å². The number of amides is 1. The van der Waals surface area contributed by atoms with Gasteiger partial charge in [-0.2, -0.15) is 0 Å². The van der Waals surface area contributed by atoms with Crippen molar-refractivity contribution in [3.05, 3.63) is 75.0 Å². The summed E-state index contributed by atoms with van der Waals surface area (Å²) >= 11 is 13.4. The summed E-state index contributed by atoms with van der Waals surface area (Å²) in [6, 6.07) is 11.2. The molecule has 4 nitrogen and oxygen atoms in total. The number of thiazole rings is 1. The molecule has 2 aromatic carbocycles. The van der Waals surface area contributed by atoms with E-state index in [0.29, 0.717) is 27.3 Å². The molecule has 0 fully saturated rings. The van der Waals surface area contributed by atoms with E-state index in [2.05, 4.69) is 15.6 Å². The van der Waals surface area contributed by atoms with Crippen LogP contribution in [0.5, 0.6) is 0 Å². The van der Waals surface area contributed by atoms with Crippen LogP contribution in [-0.2, 0) is 11.2 Å². The Bertz CT molecular complexity index is 895. The normalized spacial score (nSPS) is 10.6. The molecule has 26 heavy (non-hydrogen) atoms. The van der Waals surface area contributed by atoms with Crippen LogP contribution in [0.15, 0.2) is 48.7 Å². The molecule has 0 saturated heterocycles. The van der Waals surface area contributed by atoms with Crippen molar-refractivity contribution in [2.75, 3.05) is 17.2 Å². The fraction of sp³-hybridized carbons (Fsp3) is 0.111. The van der Waals surface area contributed by atoms with Gasteiger partial charge in [0.05, 0.1) is 6.54 Å². The highest BCUT2D eigenvalue weighted by molar-refractivity contribution is 7.15. The first-order valence-electron chi connectivity index (χ1n) is 7.67. The highest BCUT2D eigenvalue weighted by Gasteiger charge is 2.08. The minimum absolute atomic E-state index is 0.0600. The molecule has 134 valence electrons. The molecule has 3 rings (SSSR count). The van der Waals surface area contributed by atoms with Crippen LogP contribution < -0.4 is 10.6 Å². The van der Waals surface area contributed by atoms with Crippen molar-refractivity contribution >= 4 is 51.3 Å². The number of benzene rings is 2. The molecule has 2 N–H and O–H groups in total. The van der Waals surface area contributed by atoms with Crippen molar-refractivity contribution in [3.63, 3.8) is 0 Å². The number of hydrogen-bond donors (Lipinski definition) is 2. The van der Waals surface area contributed by atoms with Gasteiger partial charge in [0.2, 0.25) is 5.91 Å². The number of halogens is 3. The Hall–Kier alpha value is -2.15. The zero-order valence-corrected chi connectivity index (χ0v) is 15.8. The van der Waals surface area contributed by atoms with Crippen molar-refractivity contribution in [2.45, 2.75) is 6.42 Å². The van der Waals surface area contributed by atoms with Gasteiger partial charge < -0.3 is 10.6 Å². The Labute approximate surface area is 164 Å². The van der Waals surface area contributed by atoms with E-state index in [0.717, 1.165) is 10.4 Å². The third kappa shape index (κ3) is 5.42. The van der Waals surface area contributed by atoms with Gasteiger partial charge in [0.1, 0.15) is 5.82 Å². The lowest BCUT2D eigenvalue weighted by Crippen LogP contribution is -2.21. The van der Waals surface area contributed by atoms with Crippen LogP contribution in [0, 0.1) is 5.82 Å². The lowest BCUT2D eigenvalue weighted by Gasteiger charge is -2.05. The topological polar surface area (TPSA) is 54.0 Å². The molecule has 8 heteroatoms. The van der Waals surface area contributed by atoms with Gasteiger partial charge in [-0.3, -0.25) is 4.79 Å². The maximum absolute atomic E-state index is 12.8. The number of carbonyl (C=O) groups excluding carboxylic acids is 1. The lowest BCUT2D eigenvalue weighted by atomic mass is 10.1. The third-order valence-corrected chi connectivity index (χ3v) is 4.75. The van der Waals surface area contributed by atoms with E-state index in [-0.39, 0.29) is 18.3 Å². The van der Waals surface area contributed by atoms with Gasteiger partial charge in [0.25, 0.3) is 0 Å². The van der Waals surface area contributed by atoms with Crippen molar-refractivity contribution in [1.29, 1.82) is 0 Å². The summed E-state index contributed by atoms with van der Waals surface area (Å²) in [5.74, 6) is -0.558. The molecule has 0 aliphatic carbocycles. The maximum atomic E-state index is 12.8. The van der Waals surface area contributed by atoms with Gasteiger partial charge in [-0.05, 0) is 48.0 Å². The van der Waals surface area contributed by atoms with Crippen molar-refractivity contribution in [3.8, 4) is 0 Å². The molecule has 0 unspecified atom stereocenters. The SMILES string of the molecule is O=C(CNc1ccc(F)cc1)Nc1ncc(Cc2cc(Cl)cc(Cl)c2)s1. The third-order valence-electron chi connectivity index (χ3n) is 3.40. The zero-order valence-electron chi connectivity index (χ0n) is 13.4. The molecule has 1 amide bonds. The fourth-order valence-corrected chi connectivity index (χ4v) is 3.71. The van der Waals surface area contributed by atoms with Crippen LogP contribution in [0.2, 0.25) is 10.0 Å². The highest BCUT2D eigenvalue weighted by atomic mass is 35.5. The summed E-state index contributed by atoms with van der Waals surface area (Å²) in [7, 11) is 0. The number of nitrogens with one attached hydrogen (secondary N) is 2. The monoisotopic (exact) mass is 409 g/mol. The molecule has 0 atom stereocenters. The van der Waals surface area contributed by atoms with Crippen LogP contribution >= 0.6 is 34.5 Å². The number of carbonyl (C=O) groups is 1. The first-order valence-corrected chi connectivity index (χ1v) is 9.24. The summed E-state index contributed by atoms with van der Waals surface area (Å²) < 4.78 is 12.8. The molecule has 0 radical (unpaired) electrons. The summed E-state index contributed by atoms with van der Waals surface area (Å²) in [5, 5.41) is 7.33. The first-order chi connectivity index (χ1) is 12.5. The molecule has 0 spiro atoms. The molecule has 1 aromatic heterocycles. The summed E-state index contributed by atoms with van der Waals surface area (Å²) in [6.45, 7) is 0.0600. The van der Waals surface area contributed by atoms with Gasteiger partial charge in [0, 0.05) is 33.2 Å². The molecule has 0 aliphatic rings. The molecular formula is C18H14Cl2FN3OS. The minimum atomic E-state index is -0.323. The number of aromatic nitrogens is 1. The molecule has 1 heterocycles. The van der Waals surface area contributed by atoms with Crippen LogP contribution in [0.4, 0.5) is 15.2 Å². The van der Waals surface area contributed by atoms with Crippen LogP contribution in [-0.4, -0.2) is 17.4 Å². The second-order valence-corrected chi connectivity index (χ2v) is 7.48. The van der Waals surface area contributed by atoms with Crippen molar-refractivity contribution < 1.29 is 9.18 Å². The Balaban J connectivity index is 1.54. The maximum Gasteiger partial charge on any atom is 0.245 e. The summed E-state index contributed by atoms with van der Waals surface area (Å²) in [4.78, 5) is 17.2. The van der Waals surface area contributed by atoms with Gasteiger partial charge in [-0.15, -0.1) is 11.3 Å². The van der Waals surface area contributed by atoms with Gasteiger partial charge in [-0.1, -0.05) is 23.2 Å². The van der Waals surface area contributed by atoms with Crippen LogP contribution in [0.25, 0.3) is 0 Å². The van der Waals surface area contributed by atoms with E-state index in [1.54, 1.807) is 24.4 Å². The quantitative estimate of drug-likeness (QED) is 0.585. The van der Waals surface area contributed by atoms with E-state index in [9.17, 15) is 9.18 Å². The number of hydrogen-bond acceptors (Lipinski definition) is 4. The standard InChI is InChI=1S/C18H14Cl2FN3OS/c19-12-5-11(6-13(20)8-12)7-16-9-23-18(26-16)24-17(25)10-22-15-3-1-14(21)2-4-15/h1-6,8-9,22H,7,10H2,(H,23,24,25). The molecule has 0 saturated carbocycles.